The maximum Gasteiger partial charge on any atom is 0.123 e. The highest BCUT2D eigenvalue weighted by Gasteiger charge is 2.09. The number of rotatable bonds is 3. The molecule has 0 spiro atoms. The minimum Gasteiger partial charge on any atom is -0.223 e. The molecule has 0 N–H and O–H groups in total. The Labute approximate surface area is 105 Å². The minimum absolute atomic E-state index is 0.0867. The Hall–Kier alpha value is -0.480. The Bertz CT molecular complexity index is 383. The third-order valence-corrected chi connectivity index (χ3v) is 3.28. The summed E-state index contributed by atoms with van der Waals surface area (Å²) in [7, 11) is 0. The highest BCUT2D eigenvalue weighted by Crippen LogP contribution is 2.25. The smallest absolute Gasteiger partial charge is 0.123 e. The summed E-state index contributed by atoms with van der Waals surface area (Å²) in [4.78, 5) is 1.04. The molecule has 0 heterocycles. The molecule has 0 aliphatic heterocycles. The molecule has 0 aliphatic carbocycles. The molecule has 0 unspecified atom stereocenters. The van der Waals surface area contributed by atoms with Gasteiger partial charge in [0, 0.05) is 21.4 Å². The van der Waals surface area contributed by atoms with Crippen LogP contribution in [0.5, 0.6) is 0 Å². The van der Waals surface area contributed by atoms with E-state index in [4.69, 9.17) is 0 Å². The molecule has 1 rings (SSSR count). The monoisotopic (exact) mass is 257 g/mol. The lowest BCUT2D eigenvalue weighted by atomic mass is 10.2. The first-order valence-electron chi connectivity index (χ1n) is 4.97. The van der Waals surface area contributed by atoms with Gasteiger partial charge in [0.05, 0.1) is 0 Å². The Kier molecular flexibility index (Phi) is 4.87. The van der Waals surface area contributed by atoms with Crippen LogP contribution >= 0.6 is 23.7 Å². The molecule has 0 bridgehead atoms. The lowest BCUT2D eigenvalue weighted by Gasteiger charge is -2.12. The second kappa shape index (κ2) is 5.73. The molecular weight excluding hydrogens is 241 g/mol. The number of nitrogens with zero attached hydrogens (tertiary/aromatic N) is 1. The van der Waals surface area contributed by atoms with Crippen LogP contribution in [0.2, 0.25) is 0 Å². The summed E-state index contributed by atoms with van der Waals surface area (Å²) >= 11 is 3.09. The number of halogens is 1. The molecule has 0 aliphatic rings. The van der Waals surface area contributed by atoms with Crippen LogP contribution in [0.15, 0.2) is 27.5 Å². The number of hydrogen-bond acceptors (Lipinski definition) is 3. The summed E-state index contributed by atoms with van der Waals surface area (Å²) in [6.45, 7) is 6.28. The standard InChI is InChI=1S/C12H16FNS2/c1-12(2,3)16-14-8-9-7-10(13)5-6-11(9)15-4/h5-8H,1-4H3/b14-8-. The highest BCUT2D eigenvalue weighted by molar-refractivity contribution is 7.99. The van der Waals surface area contributed by atoms with E-state index in [9.17, 15) is 4.39 Å². The van der Waals surface area contributed by atoms with Gasteiger partial charge in [-0.25, -0.2) is 8.79 Å². The van der Waals surface area contributed by atoms with Crippen LogP contribution < -0.4 is 0 Å². The zero-order chi connectivity index (χ0) is 12.2. The van der Waals surface area contributed by atoms with Gasteiger partial charge in [0.2, 0.25) is 0 Å². The maximum atomic E-state index is 13.1. The predicted molar refractivity (Wildman–Crippen MR) is 73.1 cm³/mol. The van der Waals surface area contributed by atoms with Crippen LogP contribution in [0.3, 0.4) is 0 Å². The molecule has 1 aromatic carbocycles. The van der Waals surface area contributed by atoms with Gasteiger partial charge in [-0.05, 0) is 57.2 Å². The van der Waals surface area contributed by atoms with Gasteiger partial charge in [-0.3, -0.25) is 0 Å². The van der Waals surface area contributed by atoms with Crippen molar-refractivity contribution in [3.63, 3.8) is 0 Å². The highest BCUT2D eigenvalue weighted by atomic mass is 32.2. The van der Waals surface area contributed by atoms with E-state index in [1.54, 1.807) is 24.0 Å². The fourth-order valence-electron chi connectivity index (χ4n) is 1.05. The van der Waals surface area contributed by atoms with Gasteiger partial charge in [0.15, 0.2) is 0 Å². The Morgan fingerprint density at radius 2 is 2.00 bits per heavy atom. The summed E-state index contributed by atoms with van der Waals surface area (Å²) in [5.74, 6) is -0.222. The van der Waals surface area contributed by atoms with Crippen molar-refractivity contribution in [2.45, 2.75) is 30.4 Å². The lowest BCUT2D eigenvalue weighted by molar-refractivity contribution is 0.626. The van der Waals surface area contributed by atoms with E-state index >= 15 is 0 Å². The quantitative estimate of drug-likeness (QED) is 0.451. The molecular formula is C12H16FNS2. The van der Waals surface area contributed by atoms with Gasteiger partial charge in [0.1, 0.15) is 5.82 Å². The molecule has 88 valence electrons. The van der Waals surface area contributed by atoms with Crippen molar-refractivity contribution in [2.24, 2.45) is 4.40 Å². The van der Waals surface area contributed by atoms with E-state index in [2.05, 4.69) is 25.2 Å². The van der Waals surface area contributed by atoms with Gasteiger partial charge < -0.3 is 0 Å². The molecule has 0 atom stereocenters. The summed E-state index contributed by atoms with van der Waals surface area (Å²) in [5.41, 5.74) is 0.837. The van der Waals surface area contributed by atoms with Crippen LogP contribution in [0.25, 0.3) is 0 Å². The van der Waals surface area contributed by atoms with E-state index < -0.39 is 0 Å². The molecule has 0 amide bonds. The molecule has 16 heavy (non-hydrogen) atoms. The third-order valence-electron chi connectivity index (χ3n) is 1.71. The number of benzene rings is 1. The van der Waals surface area contributed by atoms with Crippen molar-refractivity contribution in [3.8, 4) is 0 Å². The number of hydrogen-bond donors (Lipinski definition) is 0. The van der Waals surface area contributed by atoms with Gasteiger partial charge >= 0.3 is 0 Å². The second-order valence-electron chi connectivity index (χ2n) is 4.32. The fraction of sp³-hybridized carbons (Fsp3) is 0.417. The first kappa shape index (κ1) is 13.6. The van der Waals surface area contributed by atoms with Crippen LogP contribution in [-0.4, -0.2) is 17.2 Å². The summed E-state index contributed by atoms with van der Waals surface area (Å²) in [5, 5.41) is 0. The van der Waals surface area contributed by atoms with E-state index in [0.717, 1.165) is 10.5 Å². The van der Waals surface area contributed by atoms with Crippen molar-refractivity contribution < 1.29 is 4.39 Å². The molecule has 0 aromatic heterocycles. The third kappa shape index (κ3) is 4.58. The summed E-state index contributed by atoms with van der Waals surface area (Å²) in [6.07, 6.45) is 3.70. The Morgan fingerprint density at radius 1 is 1.31 bits per heavy atom. The van der Waals surface area contributed by atoms with E-state index in [0.29, 0.717) is 0 Å². The van der Waals surface area contributed by atoms with Crippen molar-refractivity contribution in [2.75, 3.05) is 6.26 Å². The van der Waals surface area contributed by atoms with Crippen molar-refractivity contribution in [3.05, 3.63) is 29.6 Å². The Morgan fingerprint density at radius 3 is 2.56 bits per heavy atom. The summed E-state index contributed by atoms with van der Waals surface area (Å²) < 4.78 is 17.4. The van der Waals surface area contributed by atoms with Crippen molar-refractivity contribution >= 4 is 29.9 Å². The van der Waals surface area contributed by atoms with Crippen molar-refractivity contribution in [1.82, 2.24) is 0 Å². The zero-order valence-electron chi connectivity index (χ0n) is 9.95. The minimum atomic E-state index is -0.222. The predicted octanol–water partition coefficient (Wildman–Crippen LogP) is 4.41. The first-order chi connectivity index (χ1) is 7.42. The van der Waals surface area contributed by atoms with E-state index in [1.807, 2.05) is 6.26 Å². The topological polar surface area (TPSA) is 12.4 Å². The van der Waals surface area contributed by atoms with Crippen LogP contribution in [-0.2, 0) is 0 Å². The second-order valence-corrected chi connectivity index (χ2v) is 6.79. The molecule has 4 heteroatoms. The van der Waals surface area contributed by atoms with Crippen LogP contribution in [0.1, 0.15) is 26.3 Å². The van der Waals surface area contributed by atoms with Gasteiger partial charge in [0.25, 0.3) is 0 Å². The summed E-state index contributed by atoms with van der Waals surface area (Å²) in [6, 6.07) is 4.77. The van der Waals surface area contributed by atoms with Crippen molar-refractivity contribution in [1.29, 1.82) is 0 Å². The average Bonchev–Trinajstić information content (AvgIpc) is 2.16. The molecule has 1 aromatic rings. The lowest BCUT2D eigenvalue weighted by Crippen LogP contribution is -2.05. The molecule has 0 saturated carbocycles. The van der Waals surface area contributed by atoms with E-state index in [1.165, 1.54) is 24.1 Å². The largest absolute Gasteiger partial charge is 0.223 e. The maximum absolute atomic E-state index is 13.1. The van der Waals surface area contributed by atoms with Gasteiger partial charge in [-0.2, -0.15) is 0 Å². The fourth-order valence-corrected chi connectivity index (χ4v) is 2.08. The molecule has 1 nitrogen and oxygen atoms in total. The number of thioether (sulfide) groups is 1. The normalized spacial score (nSPS) is 12.3. The average molecular weight is 257 g/mol. The SMILES string of the molecule is CSc1ccc(F)cc1/C=N\SC(C)(C)C. The molecule has 0 fully saturated rings. The van der Waals surface area contributed by atoms with E-state index in [-0.39, 0.29) is 10.6 Å². The zero-order valence-corrected chi connectivity index (χ0v) is 11.6. The van der Waals surface area contributed by atoms with Gasteiger partial charge in [-0.15, -0.1) is 11.8 Å². The van der Waals surface area contributed by atoms with Gasteiger partial charge in [-0.1, -0.05) is 0 Å². The van der Waals surface area contributed by atoms with Crippen LogP contribution in [0, 0.1) is 5.82 Å². The Balaban J connectivity index is 2.83. The van der Waals surface area contributed by atoms with Crippen LogP contribution in [0.4, 0.5) is 4.39 Å². The first-order valence-corrected chi connectivity index (χ1v) is 6.97. The molecule has 0 saturated heterocycles. The molecule has 0 radical (unpaired) electrons.